The van der Waals surface area contributed by atoms with Crippen LogP contribution in [0.25, 0.3) is 0 Å². The Morgan fingerprint density at radius 1 is 1.00 bits per heavy atom. The van der Waals surface area contributed by atoms with E-state index in [9.17, 15) is 9.59 Å². The maximum atomic E-state index is 11.7. The van der Waals surface area contributed by atoms with Gasteiger partial charge < -0.3 is 15.1 Å². The number of carbonyl (C=O) groups is 2. The summed E-state index contributed by atoms with van der Waals surface area (Å²) in [7, 11) is 0. The quantitative estimate of drug-likeness (QED) is 0.804. The van der Waals surface area contributed by atoms with E-state index in [0.717, 1.165) is 5.56 Å². The third-order valence-electron chi connectivity index (χ3n) is 2.79. The van der Waals surface area contributed by atoms with Gasteiger partial charge in [0, 0.05) is 11.6 Å². The van der Waals surface area contributed by atoms with Crippen molar-refractivity contribution in [1.29, 1.82) is 0 Å². The van der Waals surface area contributed by atoms with Crippen molar-refractivity contribution in [1.82, 2.24) is 10.6 Å². The third kappa shape index (κ3) is 4.96. The third-order valence-corrected chi connectivity index (χ3v) is 3.16. The Balaban J connectivity index is 1.71. The predicted molar refractivity (Wildman–Crippen MR) is 78.5 cm³/mol. The largest absolute Gasteiger partial charge is 0.467 e. The van der Waals surface area contributed by atoms with E-state index in [1.807, 2.05) is 18.2 Å². The average molecular weight is 307 g/mol. The monoisotopic (exact) mass is 306 g/mol. The van der Waals surface area contributed by atoms with Crippen LogP contribution in [0.1, 0.15) is 17.7 Å². The van der Waals surface area contributed by atoms with Crippen LogP contribution in [0.5, 0.6) is 0 Å². The maximum Gasteiger partial charge on any atom is 0.229 e. The van der Waals surface area contributed by atoms with Gasteiger partial charge in [0.05, 0.1) is 12.8 Å². The molecule has 0 fully saturated rings. The van der Waals surface area contributed by atoms with Gasteiger partial charge in [-0.3, -0.25) is 9.59 Å². The lowest BCUT2D eigenvalue weighted by atomic mass is 10.2. The molecular weight excluding hydrogens is 292 g/mol. The molecule has 0 saturated carbocycles. The minimum Gasteiger partial charge on any atom is -0.467 e. The summed E-state index contributed by atoms with van der Waals surface area (Å²) in [6, 6.07) is 10.7. The van der Waals surface area contributed by atoms with Crippen molar-refractivity contribution < 1.29 is 14.0 Å². The van der Waals surface area contributed by atoms with E-state index in [1.54, 1.807) is 18.2 Å². The minimum absolute atomic E-state index is 0.231. The highest BCUT2D eigenvalue weighted by Crippen LogP contribution is 2.14. The van der Waals surface area contributed by atoms with E-state index in [-0.39, 0.29) is 24.8 Å². The molecule has 0 atom stereocenters. The Hall–Kier alpha value is -2.27. The van der Waals surface area contributed by atoms with Crippen molar-refractivity contribution in [2.45, 2.75) is 19.5 Å². The fourth-order valence-corrected chi connectivity index (χ4v) is 1.91. The van der Waals surface area contributed by atoms with Crippen LogP contribution in [0.2, 0.25) is 5.02 Å². The smallest absolute Gasteiger partial charge is 0.229 e. The van der Waals surface area contributed by atoms with Crippen molar-refractivity contribution in [3.8, 4) is 0 Å². The van der Waals surface area contributed by atoms with Gasteiger partial charge >= 0.3 is 0 Å². The molecule has 5 nitrogen and oxygen atoms in total. The second-order valence-corrected chi connectivity index (χ2v) is 4.81. The molecule has 2 rings (SSSR count). The molecule has 0 aliphatic carbocycles. The zero-order valence-electron chi connectivity index (χ0n) is 11.3. The van der Waals surface area contributed by atoms with Gasteiger partial charge in [0.2, 0.25) is 11.8 Å². The number of rotatable bonds is 6. The number of nitrogens with one attached hydrogen (secondary N) is 2. The summed E-state index contributed by atoms with van der Waals surface area (Å²) in [5.41, 5.74) is 0.809. The Labute approximate surface area is 127 Å². The molecule has 1 aromatic carbocycles. The Morgan fingerprint density at radius 2 is 1.71 bits per heavy atom. The molecule has 0 spiro atoms. The molecule has 0 saturated heterocycles. The molecule has 0 bridgehead atoms. The van der Waals surface area contributed by atoms with E-state index in [1.165, 1.54) is 6.26 Å². The first kappa shape index (κ1) is 15.1. The number of hydrogen-bond donors (Lipinski definition) is 2. The van der Waals surface area contributed by atoms with Gasteiger partial charge in [-0.05, 0) is 23.8 Å². The first-order valence-corrected chi connectivity index (χ1v) is 6.82. The molecule has 110 valence electrons. The summed E-state index contributed by atoms with van der Waals surface area (Å²) >= 11 is 5.98. The molecule has 1 heterocycles. The summed E-state index contributed by atoms with van der Waals surface area (Å²) < 4.78 is 5.08. The number of halogens is 1. The first-order valence-electron chi connectivity index (χ1n) is 6.44. The van der Waals surface area contributed by atoms with Crippen molar-refractivity contribution in [3.05, 3.63) is 59.0 Å². The highest BCUT2D eigenvalue weighted by molar-refractivity contribution is 6.31. The molecule has 0 radical (unpaired) electrons. The van der Waals surface area contributed by atoms with Crippen LogP contribution >= 0.6 is 11.6 Å². The topological polar surface area (TPSA) is 71.3 Å². The second kappa shape index (κ2) is 7.50. The van der Waals surface area contributed by atoms with Crippen LogP contribution in [0.3, 0.4) is 0 Å². The highest BCUT2D eigenvalue weighted by Gasteiger charge is 2.10. The Morgan fingerprint density at radius 3 is 2.38 bits per heavy atom. The van der Waals surface area contributed by atoms with Crippen LogP contribution < -0.4 is 10.6 Å². The van der Waals surface area contributed by atoms with Gasteiger partial charge in [-0.2, -0.15) is 0 Å². The van der Waals surface area contributed by atoms with Crippen molar-refractivity contribution in [2.75, 3.05) is 0 Å². The van der Waals surface area contributed by atoms with Crippen LogP contribution in [0.4, 0.5) is 0 Å². The average Bonchev–Trinajstić information content (AvgIpc) is 2.97. The van der Waals surface area contributed by atoms with Gasteiger partial charge in [-0.15, -0.1) is 0 Å². The van der Waals surface area contributed by atoms with Gasteiger partial charge in [0.1, 0.15) is 12.2 Å². The van der Waals surface area contributed by atoms with E-state index in [0.29, 0.717) is 17.3 Å². The molecule has 2 N–H and O–H groups in total. The summed E-state index contributed by atoms with van der Waals surface area (Å²) in [4.78, 5) is 23.2. The van der Waals surface area contributed by atoms with Gasteiger partial charge in [-0.25, -0.2) is 0 Å². The van der Waals surface area contributed by atoms with E-state index < -0.39 is 0 Å². The Bertz CT molecular complexity index is 611. The van der Waals surface area contributed by atoms with Crippen LogP contribution in [-0.4, -0.2) is 11.8 Å². The van der Waals surface area contributed by atoms with Crippen LogP contribution in [0, 0.1) is 0 Å². The summed E-state index contributed by atoms with van der Waals surface area (Å²) in [6.45, 7) is 0.563. The molecule has 1 aromatic heterocycles. The molecule has 0 aliphatic heterocycles. The van der Waals surface area contributed by atoms with Gasteiger partial charge in [0.15, 0.2) is 0 Å². The molecule has 2 amide bonds. The predicted octanol–water partition coefficient (Wildman–Crippen LogP) is 2.26. The number of furan rings is 1. The van der Waals surface area contributed by atoms with Gasteiger partial charge in [-0.1, -0.05) is 29.8 Å². The van der Waals surface area contributed by atoms with Gasteiger partial charge in [0.25, 0.3) is 0 Å². The van der Waals surface area contributed by atoms with Crippen LogP contribution in [0.15, 0.2) is 47.1 Å². The lowest BCUT2D eigenvalue weighted by molar-refractivity contribution is -0.129. The zero-order chi connectivity index (χ0) is 15.1. The SMILES string of the molecule is O=C(CC(=O)NCc1ccccc1Cl)NCc1ccco1. The summed E-state index contributed by atoms with van der Waals surface area (Å²) in [5.74, 6) is -0.0743. The molecule has 6 heteroatoms. The van der Waals surface area contributed by atoms with E-state index in [4.69, 9.17) is 16.0 Å². The van der Waals surface area contributed by atoms with Crippen LogP contribution in [-0.2, 0) is 22.7 Å². The maximum absolute atomic E-state index is 11.7. The molecule has 21 heavy (non-hydrogen) atoms. The number of hydrogen-bond acceptors (Lipinski definition) is 3. The molecular formula is C15H15ClN2O3. The zero-order valence-corrected chi connectivity index (χ0v) is 12.0. The van der Waals surface area contributed by atoms with Crippen molar-refractivity contribution in [3.63, 3.8) is 0 Å². The lowest BCUT2D eigenvalue weighted by Crippen LogP contribution is -2.31. The molecule has 0 unspecified atom stereocenters. The fraction of sp³-hybridized carbons (Fsp3) is 0.200. The number of carbonyl (C=O) groups excluding carboxylic acids is 2. The van der Waals surface area contributed by atoms with E-state index >= 15 is 0 Å². The number of amides is 2. The first-order chi connectivity index (χ1) is 10.1. The highest BCUT2D eigenvalue weighted by atomic mass is 35.5. The second-order valence-electron chi connectivity index (χ2n) is 4.40. The van der Waals surface area contributed by atoms with Crippen molar-refractivity contribution in [2.24, 2.45) is 0 Å². The standard InChI is InChI=1S/C15H15ClN2O3/c16-13-6-2-1-4-11(13)9-17-14(19)8-15(20)18-10-12-5-3-7-21-12/h1-7H,8-10H2,(H,17,19)(H,18,20). The normalized spacial score (nSPS) is 10.1. The summed E-state index contributed by atoms with van der Waals surface area (Å²) in [6.07, 6.45) is 1.29. The summed E-state index contributed by atoms with van der Waals surface area (Å²) in [5, 5.41) is 5.85. The molecule has 0 aliphatic rings. The lowest BCUT2D eigenvalue weighted by Gasteiger charge is -2.07. The van der Waals surface area contributed by atoms with Crippen molar-refractivity contribution >= 4 is 23.4 Å². The van der Waals surface area contributed by atoms with E-state index in [2.05, 4.69) is 10.6 Å². The molecule has 2 aromatic rings. The fourth-order valence-electron chi connectivity index (χ4n) is 1.71. The number of benzene rings is 1. The minimum atomic E-state index is -0.358. The Kier molecular flexibility index (Phi) is 5.40.